The lowest BCUT2D eigenvalue weighted by Gasteiger charge is -2.11. The van der Waals surface area contributed by atoms with E-state index in [9.17, 15) is 0 Å². The Morgan fingerprint density at radius 2 is 2.28 bits per heavy atom. The summed E-state index contributed by atoms with van der Waals surface area (Å²) in [4.78, 5) is 0. The fourth-order valence-electron chi connectivity index (χ4n) is 1.75. The smallest absolute Gasteiger partial charge is 0.172 e. The molecule has 18 heavy (non-hydrogen) atoms. The molecular formula is C13H13BrN2O2. The summed E-state index contributed by atoms with van der Waals surface area (Å²) in [7, 11) is 0. The van der Waals surface area contributed by atoms with Gasteiger partial charge in [0.1, 0.15) is 5.75 Å². The maximum atomic E-state index is 5.88. The maximum absolute atomic E-state index is 5.88. The van der Waals surface area contributed by atoms with Crippen LogP contribution in [0.2, 0.25) is 0 Å². The van der Waals surface area contributed by atoms with Crippen LogP contribution in [0.1, 0.15) is 12.8 Å². The van der Waals surface area contributed by atoms with Crippen molar-refractivity contribution in [2.24, 2.45) is 5.92 Å². The molecule has 94 valence electrons. The molecule has 1 fully saturated rings. The predicted octanol–water partition coefficient (Wildman–Crippen LogP) is 3.48. The van der Waals surface area contributed by atoms with E-state index < -0.39 is 0 Å². The molecule has 3 rings (SSSR count). The van der Waals surface area contributed by atoms with Gasteiger partial charge >= 0.3 is 0 Å². The summed E-state index contributed by atoms with van der Waals surface area (Å²) in [6.45, 7) is 0.749. The van der Waals surface area contributed by atoms with E-state index in [4.69, 9.17) is 15.0 Å². The van der Waals surface area contributed by atoms with Crippen molar-refractivity contribution in [1.29, 1.82) is 0 Å². The zero-order chi connectivity index (χ0) is 12.5. The quantitative estimate of drug-likeness (QED) is 0.939. The van der Waals surface area contributed by atoms with Crippen LogP contribution < -0.4 is 10.5 Å². The van der Waals surface area contributed by atoms with Gasteiger partial charge in [-0.15, -0.1) is 0 Å². The number of anilines is 1. The Labute approximate surface area is 113 Å². The SMILES string of the molecule is Nc1cc(-c2cccc(Br)c2OCC2CC2)on1. The number of nitrogens with zero attached hydrogens (tertiary/aromatic N) is 1. The molecule has 0 unspecified atom stereocenters. The second-order valence-electron chi connectivity index (χ2n) is 4.49. The van der Waals surface area contributed by atoms with E-state index in [0.29, 0.717) is 17.5 Å². The minimum atomic E-state index is 0.373. The number of rotatable bonds is 4. The third-order valence-corrected chi connectivity index (χ3v) is 3.55. The van der Waals surface area contributed by atoms with Crippen LogP contribution >= 0.6 is 15.9 Å². The fraction of sp³-hybridized carbons (Fsp3) is 0.308. The molecular weight excluding hydrogens is 296 g/mol. The van der Waals surface area contributed by atoms with E-state index in [1.807, 2.05) is 18.2 Å². The van der Waals surface area contributed by atoms with Gasteiger partial charge in [-0.2, -0.15) is 0 Å². The average molecular weight is 309 g/mol. The lowest BCUT2D eigenvalue weighted by Crippen LogP contribution is -2.00. The second kappa shape index (κ2) is 4.65. The standard InChI is InChI=1S/C13H13BrN2O2/c14-10-3-1-2-9(11-6-12(15)16-18-11)13(10)17-7-8-4-5-8/h1-3,6,8H,4-5,7H2,(H2,15,16). The summed E-state index contributed by atoms with van der Waals surface area (Å²) in [6.07, 6.45) is 2.52. The Morgan fingerprint density at radius 3 is 2.94 bits per heavy atom. The average Bonchev–Trinajstić information content (AvgIpc) is 3.08. The summed E-state index contributed by atoms with van der Waals surface area (Å²) in [5, 5.41) is 3.70. The number of nitrogen functional groups attached to an aromatic ring is 1. The van der Waals surface area contributed by atoms with Crippen LogP contribution in [0, 0.1) is 5.92 Å². The normalized spacial score (nSPS) is 14.7. The molecule has 0 bridgehead atoms. The molecule has 1 aliphatic carbocycles. The molecule has 5 heteroatoms. The molecule has 4 nitrogen and oxygen atoms in total. The minimum Gasteiger partial charge on any atom is -0.491 e. The Kier molecular flexibility index (Phi) is 2.99. The lowest BCUT2D eigenvalue weighted by atomic mass is 10.1. The van der Waals surface area contributed by atoms with Crippen molar-refractivity contribution in [3.63, 3.8) is 0 Å². The van der Waals surface area contributed by atoms with E-state index in [2.05, 4.69) is 21.1 Å². The van der Waals surface area contributed by atoms with Gasteiger partial charge in [0.2, 0.25) is 0 Å². The van der Waals surface area contributed by atoms with Crippen LogP contribution in [0.3, 0.4) is 0 Å². The van der Waals surface area contributed by atoms with Crippen molar-refractivity contribution >= 4 is 21.7 Å². The van der Waals surface area contributed by atoms with Crippen LogP contribution in [-0.4, -0.2) is 11.8 Å². The number of nitrogens with two attached hydrogens (primary N) is 1. The first-order chi connectivity index (χ1) is 8.74. The molecule has 0 amide bonds. The maximum Gasteiger partial charge on any atom is 0.172 e. The molecule has 1 heterocycles. The van der Waals surface area contributed by atoms with E-state index in [-0.39, 0.29) is 0 Å². The number of para-hydroxylation sites is 1. The molecule has 2 N–H and O–H groups in total. The number of hydrogen-bond acceptors (Lipinski definition) is 4. The van der Waals surface area contributed by atoms with Gasteiger partial charge in [-0.1, -0.05) is 11.2 Å². The molecule has 0 saturated heterocycles. The molecule has 1 aromatic heterocycles. The molecule has 0 radical (unpaired) electrons. The molecule has 0 atom stereocenters. The third kappa shape index (κ3) is 2.36. The second-order valence-corrected chi connectivity index (χ2v) is 5.34. The first-order valence-corrected chi connectivity index (χ1v) is 6.67. The summed E-state index contributed by atoms with van der Waals surface area (Å²) in [5.74, 6) is 2.49. The third-order valence-electron chi connectivity index (χ3n) is 2.92. The van der Waals surface area contributed by atoms with Crippen LogP contribution in [0.4, 0.5) is 5.82 Å². The molecule has 2 aromatic rings. The topological polar surface area (TPSA) is 61.3 Å². The van der Waals surface area contributed by atoms with Crippen molar-refractivity contribution in [3.8, 4) is 17.1 Å². The van der Waals surface area contributed by atoms with Crippen molar-refractivity contribution < 1.29 is 9.26 Å². The predicted molar refractivity (Wildman–Crippen MR) is 72.3 cm³/mol. The summed E-state index contributed by atoms with van der Waals surface area (Å²) >= 11 is 3.50. The number of ether oxygens (including phenoxy) is 1. The van der Waals surface area contributed by atoms with Gasteiger partial charge in [-0.05, 0) is 46.8 Å². The molecule has 1 aromatic carbocycles. The molecule has 1 aliphatic rings. The Morgan fingerprint density at radius 1 is 1.44 bits per heavy atom. The van der Waals surface area contributed by atoms with E-state index in [1.54, 1.807) is 6.07 Å². The number of benzene rings is 1. The highest BCUT2D eigenvalue weighted by Crippen LogP contribution is 2.38. The van der Waals surface area contributed by atoms with Gasteiger partial charge in [0, 0.05) is 6.07 Å². The number of aromatic nitrogens is 1. The largest absolute Gasteiger partial charge is 0.491 e. The highest BCUT2D eigenvalue weighted by Gasteiger charge is 2.23. The molecule has 1 saturated carbocycles. The highest BCUT2D eigenvalue weighted by molar-refractivity contribution is 9.10. The number of halogens is 1. The van der Waals surface area contributed by atoms with Crippen molar-refractivity contribution in [2.45, 2.75) is 12.8 Å². The Hall–Kier alpha value is -1.49. The minimum absolute atomic E-state index is 0.373. The van der Waals surface area contributed by atoms with Gasteiger partial charge in [-0.3, -0.25) is 0 Å². The van der Waals surface area contributed by atoms with E-state index in [0.717, 1.165) is 22.4 Å². The van der Waals surface area contributed by atoms with Gasteiger partial charge in [0.25, 0.3) is 0 Å². The number of hydrogen-bond donors (Lipinski definition) is 1. The highest BCUT2D eigenvalue weighted by atomic mass is 79.9. The zero-order valence-electron chi connectivity index (χ0n) is 9.73. The Bertz CT molecular complexity index is 564. The molecule has 0 spiro atoms. The van der Waals surface area contributed by atoms with Crippen molar-refractivity contribution in [1.82, 2.24) is 5.16 Å². The van der Waals surface area contributed by atoms with Crippen LogP contribution in [-0.2, 0) is 0 Å². The lowest BCUT2D eigenvalue weighted by molar-refractivity contribution is 0.298. The van der Waals surface area contributed by atoms with E-state index in [1.165, 1.54) is 12.8 Å². The first kappa shape index (κ1) is 11.6. The van der Waals surface area contributed by atoms with Crippen LogP contribution in [0.5, 0.6) is 5.75 Å². The molecule has 0 aliphatic heterocycles. The van der Waals surface area contributed by atoms with Crippen molar-refractivity contribution in [3.05, 3.63) is 28.7 Å². The first-order valence-electron chi connectivity index (χ1n) is 5.88. The van der Waals surface area contributed by atoms with Gasteiger partial charge in [0.05, 0.1) is 16.6 Å². The summed E-state index contributed by atoms with van der Waals surface area (Å²) < 4.78 is 12.0. The van der Waals surface area contributed by atoms with Gasteiger partial charge in [0.15, 0.2) is 11.6 Å². The van der Waals surface area contributed by atoms with Crippen LogP contribution in [0.25, 0.3) is 11.3 Å². The van der Waals surface area contributed by atoms with Crippen LogP contribution in [0.15, 0.2) is 33.3 Å². The summed E-state index contributed by atoms with van der Waals surface area (Å²) in [6, 6.07) is 7.52. The fourth-order valence-corrected chi connectivity index (χ4v) is 2.23. The van der Waals surface area contributed by atoms with Crippen molar-refractivity contribution in [2.75, 3.05) is 12.3 Å². The monoisotopic (exact) mass is 308 g/mol. The van der Waals surface area contributed by atoms with Gasteiger partial charge in [-0.25, -0.2) is 0 Å². The van der Waals surface area contributed by atoms with Gasteiger partial charge < -0.3 is 15.0 Å². The zero-order valence-corrected chi connectivity index (χ0v) is 11.3. The summed E-state index contributed by atoms with van der Waals surface area (Å²) in [5.41, 5.74) is 6.45. The Balaban J connectivity index is 1.93. The van der Waals surface area contributed by atoms with E-state index >= 15 is 0 Å².